The fourth-order valence-corrected chi connectivity index (χ4v) is 4.70. The summed E-state index contributed by atoms with van der Waals surface area (Å²) in [6, 6.07) is 15.5. The van der Waals surface area contributed by atoms with Crippen LogP contribution in [0, 0.1) is 13.8 Å². The summed E-state index contributed by atoms with van der Waals surface area (Å²) in [6.07, 6.45) is 1.85. The van der Waals surface area contributed by atoms with Crippen LogP contribution < -0.4 is 10.2 Å². The van der Waals surface area contributed by atoms with Gasteiger partial charge in [-0.2, -0.15) is 0 Å². The smallest absolute Gasteiger partial charge is 0.256 e. The van der Waals surface area contributed by atoms with Crippen LogP contribution in [0.5, 0.6) is 0 Å². The average Bonchev–Trinajstić information content (AvgIpc) is 3.03. The van der Waals surface area contributed by atoms with Crippen LogP contribution in [-0.4, -0.2) is 42.0 Å². The number of thiophene rings is 1. The van der Waals surface area contributed by atoms with Gasteiger partial charge in [0.1, 0.15) is 10.8 Å². The number of benzene rings is 1. The first-order valence-electron chi connectivity index (χ1n) is 9.95. The van der Waals surface area contributed by atoms with Gasteiger partial charge in [0.05, 0.1) is 0 Å². The zero-order valence-electron chi connectivity index (χ0n) is 16.9. The summed E-state index contributed by atoms with van der Waals surface area (Å²) in [5, 5.41) is 4.12. The first-order valence-corrected chi connectivity index (χ1v) is 10.8. The number of aryl methyl sites for hydroxylation is 1. The van der Waals surface area contributed by atoms with Gasteiger partial charge in [-0.15, -0.1) is 11.3 Å². The van der Waals surface area contributed by atoms with Crippen LogP contribution in [0.25, 0.3) is 0 Å². The Bertz CT molecular complexity index is 963. The molecule has 1 amide bonds. The molecule has 29 heavy (non-hydrogen) atoms. The summed E-state index contributed by atoms with van der Waals surface area (Å²) in [4.78, 5) is 23.2. The monoisotopic (exact) mass is 406 g/mol. The number of hydrogen-bond donors (Lipinski definition) is 1. The quantitative estimate of drug-likeness (QED) is 0.685. The number of aromatic nitrogens is 1. The van der Waals surface area contributed by atoms with Crippen molar-refractivity contribution in [3.63, 3.8) is 0 Å². The summed E-state index contributed by atoms with van der Waals surface area (Å²) < 4.78 is 0. The largest absolute Gasteiger partial charge is 0.354 e. The minimum absolute atomic E-state index is 0.0481. The molecule has 0 aliphatic carbocycles. The Morgan fingerprint density at radius 2 is 1.76 bits per heavy atom. The van der Waals surface area contributed by atoms with Crippen molar-refractivity contribution in [2.45, 2.75) is 20.4 Å². The van der Waals surface area contributed by atoms with Crippen LogP contribution in [0.1, 0.15) is 26.4 Å². The summed E-state index contributed by atoms with van der Waals surface area (Å²) in [7, 11) is 0. The second kappa shape index (κ2) is 8.76. The van der Waals surface area contributed by atoms with Crippen LogP contribution in [0.4, 0.5) is 10.8 Å². The van der Waals surface area contributed by atoms with Gasteiger partial charge in [-0.3, -0.25) is 9.69 Å². The van der Waals surface area contributed by atoms with E-state index in [0.29, 0.717) is 5.56 Å². The Morgan fingerprint density at radius 1 is 1.03 bits per heavy atom. The Hall–Kier alpha value is -2.70. The summed E-state index contributed by atoms with van der Waals surface area (Å²) >= 11 is 1.67. The topological polar surface area (TPSA) is 48.5 Å². The first kappa shape index (κ1) is 19.6. The zero-order chi connectivity index (χ0) is 20.2. The number of piperazine rings is 1. The molecule has 0 unspecified atom stereocenters. The number of anilines is 2. The van der Waals surface area contributed by atoms with Crippen molar-refractivity contribution >= 4 is 28.1 Å². The highest BCUT2D eigenvalue weighted by Crippen LogP contribution is 2.34. The first-order chi connectivity index (χ1) is 14.1. The number of nitrogens with one attached hydrogen (secondary N) is 1. The molecule has 150 valence electrons. The molecule has 5 nitrogen and oxygen atoms in total. The third-order valence-electron chi connectivity index (χ3n) is 5.50. The highest BCUT2D eigenvalue weighted by atomic mass is 32.1. The Kier molecular flexibility index (Phi) is 5.92. The normalized spacial score (nSPS) is 14.8. The van der Waals surface area contributed by atoms with Crippen molar-refractivity contribution in [1.29, 1.82) is 0 Å². The molecule has 0 spiro atoms. The van der Waals surface area contributed by atoms with E-state index < -0.39 is 0 Å². The maximum atomic E-state index is 12.6. The van der Waals surface area contributed by atoms with E-state index in [1.54, 1.807) is 11.3 Å². The molecule has 0 bridgehead atoms. The lowest BCUT2D eigenvalue weighted by Crippen LogP contribution is -2.46. The van der Waals surface area contributed by atoms with Crippen molar-refractivity contribution in [2.24, 2.45) is 0 Å². The van der Waals surface area contributed by atoms with Crippen LogP contribution in [0.3, 0.4) is 0 Å². The summed E-state index contributed by atoms with van der Waals surface area (Å²) in [5.41, 5.74) is 3.21. The van der Waals surface area contributed by atoms with Gasteiger partial charge in [-0.25, -0.2) is 4.98 Å². The Labute approximate surface area is 176 Å². The molecule has 2 aromatic heterocycles. The van der Waals surface area contributed by atoms with Crippen molar-refractivity contribution in [2.75, 3.05) is 36.4 Å². The molecule has 1 aromatic carbocycles. The van der Waals surface area contributed by atoms with Gasteiger partial charge >= 0.3 is 0 Å². The standard InChI is InChI=1S/C23H26N4OS/c1-17-18(2)29-23(25-22(28)19-8-4-3-5-9-19)20(17)16-26-12-14-27(15-13-26)21-10-6-7-11-24-21/h3-11H,12-16H2,1-2H3,(H,25,28). The SMILES string of the molecule is Cc1sc(NC(=O)c2ccccc2)c(CN2CCN(c3ccccn3)CC2)c1C. The predicted molar refractivity (Wildman–Crippen MR) is 120 cm³/mol. The van der Waals surface area contributed by atoms with E-state index in [9.17, 15) is 4.79 Å². The molecule has 1 aliphatic heterocycles. The van der Waals surface area contributed by atoms with E-state index in [4.69, 9.17) is 0 Å². The Morgan fingerprint density at radius 3 is 2.45 bits per heavy atom. The van der Waals surface area contributed by atoms with Gasteiger partial charge in [0.15, 0.2) is 0 Å². The highest BCUT2D eigenvalue weighted by Gasteiger charge is 2.22. The van der Waals surface area contributed by atoms with Crippen molar-refractivity contribution in [1.82, 2.24) is 9.88 Å². The molecule has 1 fully saturated rings. The van der Waals surface area contributed by atoms with E-state index in [0.717, 1.165) is 43.5 Å². The van der Waals surface area contributed by atoms with Gasteiger partial charge in [0, 0.05) is 54.9 Å². The second-order valence-corrected chi connectivity index (χ2v) is 8.59. The zero-order valence-corrected chi connectivity index (χ0v) is 17.7. The van der Waals surface area contributed by atoms with Crippen LogP contribution in [0.2, 0.25) is 0 Å². The Balaban J connectivity index is 1.43. The van der Waals surface area contributed by atoms with Crippen molar-refractivity contribution in [3.8, 4) is 0 Å². The maximum Gasteiger partial charge on any atom is 0.256 e. The number of rotatable bonds is 5. The fraction of sp³-hybridized carbons (Fsp3) is 0.304. The predicted octanol–water partition coefficient (Wildman–Crippen LogP) is 4.33. The number of nitrogens with zero attached hydrogens (tertiary/aromatic N) is 3. The van der Waals surface area contributed by atoms with Gasteiger partial charge in [-0.1, -0.05) is 24.3 Å². The maximum absolute atomic E-state index is 12.6. The lowest BCUT2D eigenvalue weighted by Gasteiger charge is -2.35. The van der Waals surface area contributed by atoms with E-state index in [1.807, 2.05) is 48.7 Å². The minimum Gasteiger partial charge on any atom is -0.354 e. The minimum atomic E-state index is -0.0481. The molecule has 1 aliphatic rings. The number of amides is 1. The molecule has 4 rings (SSSR count). The van der Waals surface area contributed by atoms with E-state index in [-0.39, 0.29) is 5.91 Å². The summed E-state index contributed by atoms with van der Waals surface area (Å²) in [6.45, 7) is 9.03. The lowest BCUT2D eigenvalue weighted by molar-refractivity contribution is 0.102. The summed E-state index contributed by atoms with van der Waals surface area (Å²) in [5.74, 6) is 0.999. The van der Waals surface area contributed by atoms with E-state index in [1.165, 1.54) is 16.0 Å². The molecule has 1 N–H and O–H groups in total. The molecule has 0 radical (unpaired) electrons. The van der Waals surface area contributed by atoms with Gasteiger partial charge in [-0.05, 0) is 43.7 Å². The average molecular weight is 407 g/mol. The number of carbonyl (C=O) groups excluding carboxylic acids is 1. The molecule has 3 aromatic rings. The van der Waals surface area contributed by atoms with Gasteiger partial charge < -0.3 is 10.2 Å². The lowest BCUT2D eigenvalue weighted by atomic mass is 10.1. The number of carbonyl (C=O) groups is 1. The molecular formula is C23H26N4OS. The van der Waals surface area contributed by atoms with Crippen LogP contribution >= 0.6 is 11.3 Å². The van der Waals surface area contributed by atoms with E-state index in [2.05, 4.69) is 40.0 Å². The number of pyridine rings is 1. The highest BCUT2D eigenvalue weighted by molar-refractivity contribution is 7.16. The van der Waals surface area contributed by atoms with Gasteiger partial charge in [0.25, 0.3) is 5.91 Å². The second-order valence-electron chi connectivity index (χ2n) is 7.36. The molecule has 6 heteroatoms. The third-order valence-corrected chi connectivity index (χ3v) is 6.67. The molecular weight excluding hydrogens is 380 g/mol. The van der Waals surface area contributed by atoms with E-state index >= 15 is 0 Å². The van der Waals surface area contributed by atoms with Gasteiger partial charge in [0.2, 0.25) is 0 Å². The molecule has 3 heterocycles. The van der Waals surface area contributed by atoms with Crippen molar-refractivity contribution in [3.05, 3.63) is 76.3 Å². The number of hydrogen-bond acceptors (Lipinski definition) is 5. The third kappa shape index (κ3) is 4.49. The fourth-order valence-electron chi connectivity index (χ4n) is 3.63. The molecule has 0 saturated carbocycles. The molecule has 0 atom stereocenters. The molecule has 1 saturated heterocycles. The van der Waals surface area contributed by atoms with Crippen molar-refractivity contribution < 1.29 is 4.79 Å². The van der Waals surface area contributed by atoms with Crippen LogP contribution in [0.15, 0.2) is 54.7 Å². The van der Waals surface area contributed by atoms with Crippen LogP contribution in [-0.2, 0) is 6.54 Å².